The first-order valence-corrected chi connectivity index (χ1v) is 11.3. The zero-order valence-electron chi connectivity index (χ0n) is 18.4. The van der Waals surface area contributed by atoms with Crippen molar-refractivity contribution < 1.29 is 9.53 Å². The van der Waals surface area contributed by atoms with Crippen LogP contribution in [0.3, 0.4) is 0 Å². The van der Waals surface area contributed by atoms with Crippen LogP contribution in [0.4, 0.5) is 4.79 Å². The topological polar surface area (TPSA) is 29.5 Å². The van der Waals surface area contributed by atoms with Gasteiger partial charge in [-0.3, -0.25) is 4.79 Å². The average Bonchev–Trinajstić information content (AvgIpc) is 2.62. The first-order chi connectivity index (χ1) is 12.6. The molecule has 0 amide bonds. The summed E-state index contributed by atoms with van der Waals surface area (Å²) in [5, 5.41) is 0. The smallest absolute Gasteiger partial charge is 0.263 e. The van der Waals surface area contributed by atoms with Crippen molar-refractivity contribution in [1.29, 1.82) is 0 Å². The number of carbonyl (C=O) groups is 1. The number of ether oxygens (including phenoxy) is 1. The highest BCUT2D eigenvalue weighted by molar-refractivity contribution is 6.73. The molecule has 0 heterocycles. The minimum atomic E-state index is -0.0524. The minimum absolute atomic E-state index is 0.0524. The third-order valence-electron chi connectivity index (χ3n) is 5.38. The van der Waals surface area contributed by atoms with Crippen LogP contribution in [0.5, 0.6) is 0 Å². The van der Waals surface area contributed by atoms with E-state index in [0.717, 1.165) is 13.0 Å². The molecule has 0 aliphatic carbocycles. The van der Waals surface area contributed by atoms with E-state index in [1.165, 1.54) is 97.0 Å². The summed E-state index contributed by atoms with van der Waals surface area (Å²) in [7, 11) is 6.28. The Hall–Kier alpha value is -0.505. The predicted molar refractivity (Wildman–Crippen MR) is 117 cm³/mol. The largest absolute Gasteiger partial charge is 0.477 e. The molecular formula is C22H46BNO2. The van der Waals surface area contributed by atoms with Gasteiger partial charge in [-0.2, -0.15) is 0 Å². The van der Waals surface area contributed by atoms with E-state index < -0.39 is 0 Å². The van der Waals surface area contributed by atoms with E-state index in [2.05, 4.69) is 25.9 Å². The molecule has 0 aliphatic rings. The Morgan fingerprint density at radius 2 is 1.27 bits per heavy atom. The van der Waals surface area contributed by atoms with Gasteiger partial charge in [0.25, 0.3) is 7.28 Å². The van der Waals surface area contributed by atoms with Gasteiger partial charge in [-0.05, 0) is 27.1 Å². The highest BCUT2D eigenvalue weighted by Gasteiger charge is 2.16. The van der Waals surface area contributed by atoms with Gasteiger partial charge < -0.3 is 9.64 Å². The van der Waals surface area contributed by atoms with Crippen LogP contribution in [-0.2, 0) is 4.74 Å². The third kappa shape index (κ3) is 18.3. The Kier molecular flexibility index (Phi) is 18.9. The minimum Gasteiger partial charge on any atom is -0.477 e. The van der Waals surface area contributed by atoms with E-state index in [-0.39, 0.29) is 5.87 Å². The van der Waals surface area contributed by atoms with Crippen molar-refractivity contribution in [3.8, 4) is 0 Å². The summed E-state index contributed by atoms with van der Waals surface area (Å²) >= 11 is 0. The molecule has 0 aromatic rings. The lowest BCUT2D eigenvalue weighted by Crippen LogP contribution is -2.21. The fourth-order valence-electron chi connectivity index (χ4n) is 3.56. The number of rotatable bonds is 19. The third-order valence-corrected chi connectivity index (χ3v) is 5.38. The van der Waals surface area contributed by atoms with E-state index in [0.29, 0.717) is 13.1 Å². The molecule has 0 aliphatic heterocycles. The van der Waals surface area contributed by atoms with Gasteiger partial charge >= 0.3 is 0 Å². The monoisotopic (exact) mass is 367 g/mol. The molecule has 154 valence electrons. The standard InChI is InChI=1S/C22H46BNO2/c1-5-6-7-8-9-10-11-12-13-14-15-16-17-18-21(19-20-24(2)3)23-22(25)26-4/h21,23H,5-20H2,1-4H3. The molecule has 4 heteroatoms. The summed E-state index contributed by atoms with van der Waals surface area (Å²) in [5.41, 5.74) is 0. The summed E-state index contributed by atoms with van der Waals surface area (Å²) in [5.74, 6) is 0.431. The Balaban J connectivity index is 3.52. The zero-order chi connectivity index (χ0) is 19.5. The normalized spacial score (nSPS) is 12.3. The van der Waals surface area contributed by atoms with E-state index in [9.17, 15) is 4.79 Å². The number of unbranched alkanes of at least 4 members (excludes halogenated alkanes) is 12. The van der Waals surface area contributed by atoms with Gasteiger partial charge in [0.05, 0.1) is 7.11 Å². The molecule has 0 aromatic carbocycles. The number of carbonyl (C=O) groups excluding carboxylic acids is 1. The highest BCUT2D eigenvalue weighted by atomic mass is 16.5. The van der Waals surface area contributed by atoms with Crippen molar-refractivity contribution >= 4 is 13.1 Å². The van der Waals surface area contributed by atoms with Crippen molar-refractivity contribution in [3.63, 3.8) is 0 Å². The summed E-state index contributed by atoms with van der Waals surface area (Å²) in [4.78, 5) is 13.8. The van der Waals surface area contributed by atoms with Crippen LogP contribution in [0.1, 0.15) is 103 Å². The van der Waals surface area contributed by atoms with Crippen molar-refractivity contribution in [2.75, 3.05) is 27.7 Å². The van der Waals surface area contributed by atoms with Gasteiger partial charge in [0.2, 0.25) is 5.87 Å². The lowest BCUT2D eigenvalue weighted by Gasteiger charge is -2.17. The molecule has 0 fully saturated rings. The molecular weight excluding hydrogens is 321 g/mol. The Labute approximate surface area is 164 Å². The van der Waals surface area contributed by atoms with E-state index >= 15 is 0 Å². The molecule has 0 rings (SSSR count). The Bertz CT molecular complexity index is 311. The summed E-state index contributed by atoms with van der Waals surface area (Å²) < 4.78 is 4.85. The summed E-state index contributed by atoms with van der Waals surface area (Å²) in [6.07, 6.45) is 20.3. The maximum absolute atomic E-state index is 11.6. The van der Waals surface area contributed by atoms with Crippen LogP contribution in [0.25, 0.3) is 0 Å². The van der Waals surface area contributed by atoms with E-state index in [1.807, 2.05) is 0 Å². The second-order valence-electron chi connectivity index (χ2n) is 8.27. The van der Waals surface area contributed by atoms with Crippen LogP contribution in [0.2, 0.25) is 5.82 Å². The van der Waals surface area contributed by atoms with Crippen molar-refractivity contribution in [1.82, 2.24) is 4.90 Å². The quantitative estimate of drug-likeness (QED) is 0.195. The maximum atomic E-state index is 11.6. The number of hydrogen-bond acceptors (Lipinski definition) is 3. The van der Waals surface area contributed by atoms with Gasteiger partial charge in [0.1, 0.15) is 0 Å². The second-order valence-corrected chi connectivity index (χ2v) is 8.27. The predicted octanol–water partition coefficient (Wildman–Crippen LogP) is 6.41. The lowest BCUT2D eigenvalue weighted by molar-refractivity contribution is 0.197. The SMILES string of the molecule is CCCCCCCCCCCCCCCC(BC(=O)OC)CCN(C)C. The van der Waals surface area contributed by atoms with Crippen molar-refractivity contribution in [2.24, 2.45) is 0 Å². The molecule has 0 radical (unpaired) electrons. The van der Waals surface area contributed by atoms with E-state index in [4.69, 9.17) is 4.74 Å². The summed E-state index contributed by atoms with van der Waals surface area (Å²) in [6, 6.07) is 0. The summed E-state index contributed by atoms with van der Waals surface area (Å²) in [6.45, 7) is 3.34. The van der Waals surface area contributed by atoms with Crippen LogP contribution >= 0.6 is 0 Å². The van der Waals surface area contributed by atoms with Gasteiger partial charge in [0, 0.05) is 0 Å². The molecule has 1 unspecified atom stereocenters. The van der Waals surface area contributed by atoms with E-state index in [1.54, 1.807) is 0 Å². The average molecular weight is 367 g/mol. The van der Waals surface area contributed by atoms with Crippen molar-refractivity contribution in [2.45, 2.75) is 109 Å². The molecule has 3 nitrogen and oxygen atoms in total. The Morgan fingerprint density at radius 3 is 1.69 bits per heavy atom. The lowest BCUT2D eigenvalue weighted by atomic mass is 9.61. The molecule has 0 saturated carbocycles. The number of hydrogen-bond donors (Lipinski definition) is 0. The Morgan fingerprint density at radius 1 is 0.808 bits per heavy atom. The molecule has 0 saturated heterocycles. The number of nitrogens with zero attached hydrogens (tertiary/aromatic N) is 1. The molecule has 1 atom stereocenters. The van der Waals surface area contributed by atoms with Crippen LogP contribution in [0.15, 0.2) is 0 Å². The van der Waals surface area contributed by atoms with Gasteiger partial charge in [0.15, 0.2) is 0 Å². The highest BCUT2D eigenvalue weighted by Crippen LogP contribution is 2.21. The van der Waals surface area contributed by atoms with Gasteiger partial charge in [-0.25, -0.2) is 0 Å². The zero-order valence-corrected chi connectivity index (χ0v) is 18.4. The van der Waals surface area contributed by atoms with Crippen LogP contribution < -0.4 is 0 Å². The van der Waals surface area contributed by atoms with Gasteiger partial charge in [-0.1, -0.05) is 103 Å². The number of methoxy groups -OCH3 is 1. The van der Waals surface area contributed by atoms with Crippen LogP contribution in [0, 0.1) is 0 Å². The molecule has 0 bridgehead atoms. The first kappa shape index (κ1) is 25.5. The molecule has 0 spiro atoms. The van der Waals surface area contributed by atoms with Gasteiger partial charge in [-0.15, -0.1) is 0 Å². The molecule has 26 heavy (non-hydrogen) atoms. The van der Waals surface area contributed by atoms with Crippen LogP contribution in [-0.4, -0.2) is 45.8 Å². The molecule has 0 aromatic heterocycles. The first-order valence-electron chi connectivity index (χ1n) is 11.3. The maximum Gasteiger partial charge on any atom is 0.263 e. The fourth-order valence-corrected chi connectivity index (χ4v) is 3.56. The molecule has 0 N–H and O–H groups in total. The second kappa shape index (κ2) is 19.3. The fraction of sp³-hybridized carbons (Fsp3) is 0.955. The van der Waals surface area contributed by atoms with Crippen molar-refractivity contribution in [3.05, 3.63) is 0 Å².